The van der Waals surface area contributed by atoms with E-state index in [0.29, 0.717) is 0 Å². The van der Waals surface area contributed by atoms with Crippen molar-refractivity contribution in [3.63, 3.8) is 0 Å². The van der Waals surface area contributed by atoms with Crippen LogP contribution in [-0.2, 0) is 10.0 Å². The zero-order valence-corrected chi connectivity index (χ0v) is 8.51. The van der Waals surface area contributed by atoms with Crippen LogP contribution >= 0.6 is 0 Å². The Hall–Kier alpha value is -2.23. The first-order valence-corrected chi connectivity index (χ1v) is 5.26. The van der Waals surface area contributed by atoms with Crippen LogP contribution in [0.3, 0.4) is 0 Å². The lowest BCUT2D eigenvalue weighted by Crippen LogP contribution is -2.17. The molecule has 0 aliphatic rings. The molecule has 9 nitrogen and oxygen atoms in total. The van der Waals surface area contributed by atoms with Crippen molar-refractivity contribution in [1.29, 1.82) is 0 Å². The number of nitrogens with one attached hydrogen (secondary N) is 1. The largest absolute Gasteiger partial charge is 0.393 e. The van der Waals surface area contributed by atoms with Crippen LogP contribution in [0.15, 0.2) is 28.3 Å². The fourth-order valence-electron chi connectivity index (χ4n) is 0.955. The molecular weight excluding hydrogens is 238 g/mol. The van der Waals surface area contributed by atoms with Crippen LogP contribution in [-0.4, -0.2) is 13.3 Å². The highest BCUT2D eigenvalue weighted by Crippen LogP contribution is 2.24. The molecule has 0 amide bonds. The van der Waals surface area contributed by atoms with Crippen molar-refractivity contribution < 1.29 is 13.3 Å². The van der Waals surface area contributed by atoms with E-state index in [1.807, 2.05) is 0 Å². The summed E-state index contributed by atoms with van der Waals surface area (Å²) in [6, 6.07) is 2.89. The molecule has 0 spiro atoms. The monoisotopic (exact) mass is 244 g/mol. The maximum absolute atomic E-state index is 11.3. The standard InChI is InChI=1S/C6H6N5O4S/c7-5-2-1-4(3-6(5)11(12)13)16(14,15)10-9-8/h1-3H,7H2,(H-,8,10)/q-1. The average molecular weight is 244 g/mol. The summed E-state index contributed by atoms with van der Waals surface area (Å²) in [6.07, 6.45) is 0. The lowest BCUT2D eigenvalue weighted by Gasteiger charge is -2.07. The lowest BCUT2D eigenvalue weighted by molar-refractivity contribution is -0.384. The number of nitro groups is 1. The van der Waals surface area contributed by atoms with Crippen LogP contribution in [0.5, 0.6) is 0 Å². The summed E-state index contributed by atoms with van der Waals surface area (Å²) in [5.74, 6) is 0. The quantitative estimate of drug-likeness (QED) is 0.340. The second kappa shape index (κ2) is 4.10. The van der Waals surface area contributed by atoms with Gasteiger partial charge in [0.25, 0.3) is 5.69 Å². The number of benzene rings is 1. The van der Waals surface area contributed by atoms with E-state index < -0.39 is 25.5 Å². The summed E-state index contributed by atoms with van der Waals surface area (Å²) in [5.41, 5.74) is 12.6. The number of nitrogen functional groups attached to an aromatic ring is 1. The van der Waals surface area contributed by atoms with Gasteiger partial charge in [0.05, 0.1) is 9.82 Å². The van der Waals surface area contributed by atoms with E-state index in [0.717, 1.165) is 18.2 Å². The molecule has 0 fully saturated rings. The predicted octanol–water partition coefficient (Wildman–Crippen LogP) is 0.392. The van der Waals surface area contributed by atoms with Gasteiger partial charge in [-0.3, -0.25) is 15.3 Å². The van der Waals surface area contributed by atoms with Gasteiger partial charge in [-0.25, -0.2) is 8.42 Å². The Bertz CT molecular complexity index is 540. The predicted molar refractivity (Wildman–Crippen MR) is 53.6 cm³/mol. The van der Waals surface area contributed by atoms with E-state index in [9.17, 15) is 18.5 Å². The molecule has 0 heterocycles. The summed E-state index contributed by atoms with van der Waals surface area (Å²) < 4.78 is 22.6. The molecule has 0 aliphatic heterocycles. The van der Waals surface area contributed by atoms with Crippen LogP contribution in [0.25, 0.3) is 5.53 Å². The number of nitro benzene ring substituents is 1. The van der Waals surface area contributed by atoms with Crippen LogP contribution in [0.4, 0.5) is 11.4 Å². The number of hydrogen-bond donors (Lipinski definition) is 2. The third kappa shape index (κ3) is 2.23. The molecule has 0 aromatic heterocycles. The molecule has 16 heavy (non-hydrogen) atoms. The molecule has 0 atom stereocenters. The second-order valence-electron chi connectivity index (χ2n) is 2.67. The highest BCUT2D eigenvalue weighted by molar-refractivity contribution is 7.89. The van der Waals surface area contributed by atoms with Crippen molar-refractivity contribution >= 4 is 21.4 Å². The molecule has 0 radical (unpaired) electrons. The Morgan fingerprint density at radius 3 is 2.62 bits per heavy atom. The zero-order chi connectivity index (χ0) is 12.3. The average Bonchev–Trinajstić information content (AvgIpc) is 2.17. The van der Waals surface area contributed by atoms with Crippen molar-refractivity contribution in [3.8, 4) is 0 Å². The molecular formula is C6H6N5O4S-. The molecule has 1 aromatic carbocycles. The topological polar surface area (TPSA) is 150 Å². The fraction of sp³-hybridized carbons (Fsp3) is 0. The van der Waals surface area contributed by atoms with Gasteiger partial charge in [0.15, 0.2) is 0 Å². The molecule has 86 valence electrons. The first-order chi connectivity index (χ1) is 7.38. The van der Waals surface area contributed by atoms with Crippen molar-refractivity contribution in [2.75, 3.05) is 5.73 Å². The molecule has 0 bridgehead atoms. The van der Waals surface area contributed by atoms with Crippen LogP contribution in [0.1, 0.15) is 0 Å². The van der Waals surface area contributed by atoms with Crippen molar-refractivity contribution in [2.24, 2.45) is 5.22 Å². The number of sulfonamides is 1. The van der Waals surface area contributed by atoms with E-state index in [-0.39, 0.29) is 5.69 Å². The molecule has 0 unspecified atom stereocenters. The molecule has 3 N–H and O–H groups in total. The van der Waals surface area contributed by atoms with Gasteiger partial charge in [-0.1, -0.05) is 0 Å². The van der Waals surface area contributed by atoms with Crippen molar-refractivity contribution in [3.05, 3.63) is 33.8 Å². The molecule has 10 heteroatoms. The fourth-order valence-corrected chi connectivity index (χ4v) is 1.68. The SMILES string of the molecule is [N-]=NNS(=O)(=O)c1ccc(N)c([N+](=O)[O-])c1. The van der Waals surface area contributed by atoms with Gasteiger partial charge >= 0.3 is 0 Å². The molecule has 1 aromatic rings. The third-order valence-corrected chi connectivity index (χ3v) is 2.87. The Balaban J connectivity index is 3.33. The summed E-state index contributed by atoms with van der Waals surface area (Å²) >= 11 is 0. The van der Waals surface area contributed by atoms with Crippen LogP contribution in [0.2, 0.25) is 0 Å². The molecule has 0 saturated carbocycles. The van der Waals surface area contributed by atoms with E-state index in [4.69, 9.17) is 11.3 Å². The number of rotatable bonds is 4. The van der Waals surface area contributed by atoms with E-state index in [1.54, 1.807) is 0 Å². The normalized spacial score (nSPS) is 10.8. The Morgan fingerprint density at radius 2 is 2.12 bits per heavy atom. The van der Waals surface area contributed by atoms with Crippen LogP contribution < -0.4 is 10.6 Å². The zero-order valence-electron chi connectivity index (χ0n) is 7.69. The second-order valence-corrected chi connectivity index (χ2v) is 4.33. The van der Waals surface area contributed by atoms with E-state index in [2.05, 4.69) is 5.22 Å². The Labute approximate surface area is 89.9 Å². The molecule has 0 aliphatic carbocycles. The number of nitrogens with zero attached hydrogens (tertiary/aromatic N) is 3. The minimum atomic E-state index is -4.11. The van der Waals surface area contributed by atoms with Crippen LogP contribution in [0, 0.1) is 10.1 Å². The number of nitrogens with two attached hydrogens (primary N) is 1. The van der Waals surface area contributed by atoms with Crippen molar-refractivity contribution in [1.82, 2.24) is 4.83 Å². The third-order valence-electron chi connectivity index (χ3n) is 1.67. The maximum Gasteiger partial charge on any atom is 0.293 e. The van der Waals surface area contributed by atoms with Crippen molar-refractivity contribution in [2.45, 2.75) is 4.90 Å². The smallest absolute Gasteiger partial charge is 0.293 e. The summed E-state index contributed by atoms with van der Waals surface area (Å²) in [5, 5.41) is 12.7. The summed E-state index contributed by atoms with van der Waals surface area (Å²) in [6.45, 7) is 0. The van der Waals surface area contributed by atoms with Gasteiger partial charge in [0, 0.05) is 6.07 Å². The van der Waals surface area contributed by atoms with E-state index in [1.165, 1.54) is 4.83 Å². The summed E-state index contributed by atoms with van der Waals surface area (Å²) in [4.78, 5) is 10.7. The first kappa shape index (κ1) is 11.8. The Morgan fingerprint density at radius 1 is 1.50 bits per heavy atom. The summed E-state index contributed by atoms with van der Waals surface area (Å²) in [7, 11) is -4.11. The van der Waals surface area contributed by atoms with Gasteiger partial charge in [0.2, 0.25) is 10.0 Å². The molecule has 0 saturated heterocycles. The Kier molecular flexibility index (Phi) is 3.04. The van der Waals surface area contributed by atoms with Gasteiger partial charge in [0.1, 0.15) is 5.69 Å². The van der Waals surface area contributed by atoms with Gasteiger partial charge in [-0.2, -0.15) is 0 Å². The highest BCUT2D eigenvalue weighted by Gasteiger charge is 2.17. The molecule has 1 rings (SSSR count). The van der Waals surface area contributed by atoms with Gasteiger partial charge < -0.3 is 16.1 Å². The lowest BCUT2D eigenvalue weighted by atomic mass is 10.3. The maximum atomic E-state index is 11.3. The van der Waals surface area contributed by atoms with Gasteiger partial charge in [-0.15, -0.1) is 0 Å². The minimum absolute atomic E-state index is 0.162. The van der Waals surface area contributed by atoms with E-state index >= 15 is 0 Å². The number of anilines is 1. The highest BCUT2D eigenvalue weighted by atomic mass is 32.2. The number of hydrogen-bond acceptors (Lipinski definition) is 6. The minimum Gasteiger partial charge on any atom is -0.393 e. The first-order valence-electron chi connectivity index (χ1n) is 3.78. The van der Waals surface area contributed by atoms with Gasteiger partial charge in [-0.05, 0) is 12.1 Å².